The largest absolute Gasteiger partial charge is 0.490 e. The molecule has 0 N–H and O–H groups in total. The van der Waals surface area contributed by atoms with Crippen LogP contribution < -0.4 is 15.2 Å². The summed E-state index contributed by atoms with van der Waals surface area (Å²) < 4.78 is 7.97. The first kappa shape index (κ1) is 19.8. The van der Waals surface area contributed by atoms with Crippen LogP contribution in [0, 0.1) is 0 Å². The minimum Gasteiger partial charge on any atom is -0.490 e. The number of benzene rings is 2. The Morgan fingerprint density at radius 2 is 2.00 bits per heavy atom. The van der Waals surface area contributed by atoms with Crippen molar-refractivity contribution in [3.63, 3.8) is 0 Å². The van der Waals surface area contributed by atoms with E-state index in [0.717, 1.165) is 58.0 Å². The molecule has 5 nitrogen and oxygen atoms in total. The maximum absolute atomic E-state index is 13.5. The molecule has 0 saturated carbocycles. The second kappa shape index (κ2) is 8.19. The molecule has 0 bridgehead atoms. The Kier molecular flexibility index (Phi) is 5.24. The number of rotatable bonds is 5. The van der Waals surface area contributed by atoms with Crippen LogP contribution in [0.4, 0.5) is 5.69 Å². The summed E-state index contributed by atoms with van der Waals surface area (Å²) in [7, 11) is 0. The van der Waals surface area contributed by atoms with Gasteiger partial charge in [0.2, 0.25) is 0 Å². The lowest BCUT2D eigenvalue weighted by Gasteiger charge is -2.32. The summed E-state index contributed by atoms with van der Waals surface area (Å²) in [6, 6.07) is 14.7. The molecule has 4 aromatic rings. The van der Waals surface area contributed by atoms with Gasteiger partial charge in [0.05, 0.1) is 23.3 Å². The van der Waals surface area contributed by atoms with E-state index in [0.29, 0.717) is 13.2 Å². The minimum atomic E-state index is 0.0353. The van der Waals surface area contributed by atoms with E-state index >= 15 is 0 Å². The Morgan fingerprint density at radius 3 is 2.71 bits per heavy atom. The molecule has 1 aliphatic heterocycles. The first-order valence-corrected chi connectivity index (χ1v) is 11.6. The van der Waals surface area contributed by atoms with Gasteiger partial charge in [-0.05, 0) is 36.6 Å². The van der Waals surface area contributed by atoms with Crippen molar-refractivity contribution in [1.29, 1.82) is 0 Å². The standard InChI is InChI=1S/C25H25N3O2S/c1-3-18-19-14-22-21(27(11-12-30-22)16-17-8-6-5-7-9-17)15-20(19)28(4-2)25(29)23(18)24-26-10-13-31-24/h5-10,13-15H,3-4,11-12,16H2,1-2H3. The van der Waals surface area contributed by atoms with Gasteiger partial charge in [-0.25, -0.2) is 4.98 Å². The van der Waals surface area contributed by atoms with Gasteiger partial charge in [-0.15, -0.1) is 11.3 Å². The lowest BCUT2D eigenvalue weighted by molar-refractivity contribution is 0.307. The molecule has 0 saturated heterocycles. The summed E-state index contributed by atoms with van der Waals surface area (Å²) in [6.07, 6.45) is 2.52. The fraction of sp³-hybridized carbons (Fsp3) is 0.280. The van der Waals surface area contributed by atoms with Crippen molar-refractivity contribution in [2.75, 3.05) is 18.1 Å². The molecule has 0 atom stereocenters. The fourth-order valence-corrected chi connectivity index (χ4v) is 5.20. The summed E-state index contributed by atoms with van der Waals surface area (Å²) >= 11 is 1.51. The molecule has 0 aliphatic carbocycles. The Balaban J connectivity index is 1.73. The van der Waals surface area contributed by atoms with Crippen LogP contribution in [-0.2, 0) is 19.5 Å². The number of aryl methyl sites for hydroxylation is 2. The molecule has 0 amide bonds. The van der Waals surface area contributed by atoms with E-state index < -0.39 is 0 Å². The highest BCUT2D eigenvalue weighted by Gasteiger charge is 2.24. The number of thiazole rings is 1. The second-order valence-electron chi connectivity index (χ2n) is 7.69. The Labute approximate surface area is 185 Å². The van der Waals surface area contributed by atoms with Gasteiger partial charge in [-0.1, -0.05) is 37.3 Å². The van der Waals surface area contributed by atoms with E-state index in [4.69, 9.17) is 4.74 Å². The number of nitrogens with zero attached hydrogens (tertiary/aromatic N) is 3. The monoisotopic (exact) mass is 431 g/mol. The number of aromatic nitrogens is 2. The highest BCUT2D eigenvalue weighted by Crippen LogP contribution is 2.39. The van der Waals surface area contributed by atoms with Crippen LogP contribution in [0.1, 0.15) is 25.0 Å². The smallest absolute Gasteiger partial charge is 0.261 e. The second-order valence-corrected chi connectivity index (χ2v) is 8.58. The zero-order chi connectivity index (χ0) is 21.4. The maximum atomic E-state index is 13.5. The summed E-state index contributed by atoms with van der Waals surface area (Å²) in [6.45, 7) is 7.02. The summed E-state index contributed by atoms with van der Waals surface area (Å²) in [5.74, 6) is 0.885. The number of hydrogen-bond acceptors (Lipinski definition) is 5. The van der Waals surface area contributed by atoms with Gasteiger partial charge < -0.3 is 14.2 Å². The molecule has 3 heterocycles. The maximum Gasteiger partial charge on any atom is 0.261 e. The predicted octanol–water partition coefficient (Wildman–Crippen LogP) is 5.11. The summed E-state index contributed by atoms with van der Waals surface area (Å²) in [5.41, 5.74) is 5.08. The van der Waals surface area contributed by atoms with Gasteiger partial charge in [-0.2, -0.15) is 0 Å². The van der Waals surface area contributed by atoms with Crippen molar-refractivity contribution in [3.05, 3.63) is 75.5 Å². The van der Waals surface area contributed by atoms with E-state index in [9.17, 15) is 4.79 Å². The molecule has 2 aromatic carbocycles. The topological polar surface area (TPSA) is 47.4 Å². The van der Waals surface area contributed by atoms with Gasteiger partial charge in [0, 0.05) is 30.1 Å². The van der Waals surface area contributed by atoms with Gasteiger partial charge in [-0.3, -0.25) is 4.79 Å². The van der Waals surface area contributed by atoms with Crippen LogP contribution in [0.3, 0.4) is 0 Å². The first-order valence-electron chi connectivity index (χ1n) is 10.8. The SMILES string of the molecule is CCc1c(-c2nccs2)c(=O)n(CC)c2cc3c(cc12)OCCN3Cc1ccccc1. The Morgan fingerprint density at radius 1 is 1.16 bits per heavy atom. The molecule has 1 aliphatic rings. The van der Waals surface area contributed by atoms with Gasteiger partial charge >= 0.3 is 0 Å². The highest BCUT2D eigenvalue weighted by atomic mass is 32.1. The lowest BCUT2D eigenvalue weighted by atomic mass is 9.99. The molecule has 5 rings (SSSR count). The third-order valence-electron chi connectivity index (χ3n) is 5.95. The van der Waals surface area contributed by atoms with Gasteiger partial charge in [0.15, 0.2) is 0 Å². The van der Waals surface area contributed by atoms with Gasteiger partial charge in [0.1, 0.15) is 17.4 Å². The van der Waals surface area contributed by atoms with E-state index in [1.54, 1.807) is 6.20 Å². The fourth-order valence-electron chi connectivity index (χ4n) is 4.50. The van der Waals surface area contributed by atoms with E-state index in [1.807, 2.05) is 22.9 Å². The number of ether oxygens (including phenoxy) is 1. The average Bonchev–Trinajstić information content (AvgIpc) is 3.33. The van der Waals surface area contributed by atoms with Crippen LogP contribution in [-0.4, -0.2) is 22.7 Å². The third-order valence-corrected chi connectivity index (χ3v) is 6.74. The molecular weight excluding hydrogens is 406 g/mol. The van der Waals surface area contributed by atoms with E-state index in [-0.39, 0.29) is 5.56 Å². The molecule has 31 heavy (non-hydrogen) atoms. The Bertz CT molecular complexity index is 1280. The lowest BCUT2D eigenvalue weighted by Crippen LogP contribution is -2.32. The minimum absolute atomic E-state index is 0.0353. The highest BCUT2D eigenvalue weighted by molar-refractivity contribution is 7.13. The number of fused-ring (bicyclic) bond motifs is 2. The van der Waals surface area contributed by atoms with Crippen molar-refractivity contribution in [2.24, 2.45) is 0 Å². The molecular formula is C25H25N3O2S. The normalized spacial score (nSPS) is 13.3. The van der Waals surface area contributed by atoms with Crippen LogP contribution in [0.15, 0.2) is 58.8 Å². The van der Waals surface area contributed by atoms with Gasteiger partial charge in [0.25, 0.3) is 5.56 Å². The predicted molar refractivity (Wildman–Crippen MR) is 127 cm³/mol. The molecule has 0 radical (unpaired) electrons. The average molecular weight is 432 g/mol. The van der Waals surface area contributed by atoms with Crippen LogP contribution in [0.5, 0.6) is 5.75 Å². The summed E-state index contributed by atoms with van der Waals surface area (Å²) in [5, 5.41) is 3.79. The van der Waals surface area contributed by atoms with Crippen LogP contribution in [0.2, 0.25) is 0 Å². The van der Waals surface area contributed by atoms with E-state index in [2.05, 4.69) is 53.2 Å². The van der Waals surface area contributed by atoms with Crippen LogP contribution in [0.25, 0.3) is 21.5 Å². The van der Waals surface area contributed by atoms with Crippen molar-refractivity contribution in [3.8, 4) is 16.3 Å². The number of anilines is 1. The summed E-state index contributed by atoms with van der Waals surface area (Å²) in [4.78, 5) is 20.3. The zero-order valence-electron chi connectivity index (χ0n) is 17.8. The first-order chi connectivity index (χ1) is 15.2. The van der Waals surface area contributed by atoms with Crippen molar-refractivity contribution in [2.45, 2.75) is 33.4 Å². The van der Waals surface area contributed by atoms with Crippen molar-refractivity contribution >= 4 is 27.9 Å². The van der Waals surface area contributed by atoms with Crippen molar-refractivity contribution < 1.29 is 4.74 Å². The zero-order valence-corrected chi connectivity index (χ0v) is 18.6. The Hall–Kier alpha value is -3.12. The molecule has 0 unspecified atom stereocenters. The van der Waals surface area contributed by atoms with E-state index in [1.165, 1.54) is 16.9 Å². The molecule has 0 spiro atoms. The van der Waals surface area contributed by atoms with Crippen LogP contribution >= 0.6 is 11.3 Å². The number of hydrogen-bond donors (Lipinski definition) is 0. The number of pyridine rings is 1. The molecule has 2 aromatic heterocycles. The molecule has 158 valence electrons. The molecule has 6 heteroatoms. The third kappa shape index (κ3) is 3.41. The quantitative estimate of drug-likeness (QED) is 0.441. The van der Waals surface area contributed by atoms with Crippen molar-refractivity contribution in [1.82, 2.24) is 9.55 Å². The molecule has 0 fully saturated rings.